The number of hydrogen-bond donors (Lipinski definition) is 3. The van der Waals surface area contributed by atoms with Crippen molar-refractivity contribution in [2.75, 3.05) is 6.61 Å². The van der Waals surface area contributed by atoms with Crippen LogP contribution in [0.4, 0.5) is 9.59 Å². The van der Waals surface area contributed by atoms with E-state index in [1.165, 1.54) is 0 Å². The highest BCUT2D eigenvalue weighted by atomic mass is 16.7. The number of carbonyl (C=O) groups excluding carboxylic acids is 3. The molecule has 8 heteroatoms. The summed E-state index contributed by atoms with van der Waals surface area (Å²) < 4.78 is 0. The number of rotatable bonds is 1. The van der Waals surface area contributed by atoms with Crippen molar-refractivity contribution in [3.05, 3.63) is 0 Å². The van der Waals surface area contributed by atoms with Gasteiger partial charge < -0.3 is 16.8 Å². The van der Waals surface area contributed by atoms with Gasteiger partial charge in [0.05, 0.1) is 0 Å². The summed E-state index contributed by atoms with van der Waals surface area (Å²) in [6, 6.07) is -2.84. The molecule has 13 heavy (non-hydrogen) atoms. The Labute approximate surface area is 72.7 Å². The lowest BCUT2D eigenvalue weighted by molar-refractivity contribution is -0.147. The molecule has 8 nitrogen and oxygen atoms in total. The predicted molar refractivity (Wildman–Crippen MR) is 38.9 cm³/mol. The number of primary amides is 2. The molecule has 0 aliphatic carbocycles. The van der Waals surface area contributed by atoms with Gasteiger partial charge in [-0.3, -0.25) is 9.63 Å². The third-order valence-corrected chi connectivity index (χ3v) is 1.39. The van der Waals surface area contributed by atoms with E-state index in [9.17, 15) is 14.4 Å². The van der Waals surface area contributed by atoms with Crippen LogP contribution >= 0.6 is 0 Å². The van der Waals surface area contributed by atoms with Crippen LogP contribution in [-0.2, 0) is 9.63 Å². The van der Waals surface area contributed by atoms with E-state index >= 15 is 0 Å². The summed E-state index contributed by atoms with van der Waals surface area (Å²) in [7, 11) is 0. The molecule has 0 saturated carbocycles. The smallest absolute Gasteiger partial charge is 0.346 e. The minimum Gasteiger partial charge on any atom is -0.352 e. The summed E-state index contributed by atoms with van der Waals surface area (Å²) in [5.41, 5.74) is 9.54. The molecular weight excluding hydrogens is 180 g/mol. The van der Waals surface area contributed by atoms with Gasteiger partial charge in [0.25, 0.3) is 5.91 Å². The van der Waals surface area contributed by atoms with Crippen molar-refractivity contribution in [1.82, 2.24) is 10.4 Å². The quantitative estimate of drug-likeness (QED) is 0.434. The van der Waals surface area contributed by atoms with Crippen LogP contribution in [0, 0.1) is 0 Å². The molecule has 1 aliphatic heterocycles. The lowest BCUT2D eigenvalue weighted by atomic mass is 10.3. The zero-order valence-electron chi connectivity index (χ0n) is 6.52. The van der Waals surface area contributed by atoms with Crippen LogP contribution in [0.5, 0.6) is 0 Å². The van der Waals surface area contributed by atoms with E-state index in [1.54, 1.807) is 0 Å². The van der Waals surface area contributed by atoms with E-state index in [1.807, 2.05) is 0 Å². The van der Waals surface area contributed by atoms with Gasteiger partial charge in [-0.05, 0) is 0 Å². The van der Waals surface area contributed by atoms with Gasteiger partial charge in [-0.2, -0.15) is 0 Å². The Bertz CT molecular complexity index is 265. The minimum atomic E-state index is -1.03. The highest BCUT2D eigenvalue weighted by Gasteiger charge is 2.37. The zero-order chi connectivity index (χ0) is 10.0. The van der Waals surface area contributed by atoms with Crippen molar-refractivity contribution < 1.29 is 19.2 Å². The Morgan fingerprint density at radius 2 is 2.15 bits per heavy atom. The standard InChI is InChI=1S/C5H8N4O4/c6-4(11)8-2-1-13-9(3(2)10)5(7)12/h2H,1H2,(H2,7,12)(H3,6,8,11). The summed E-state index contributed by atoms with van der Waals surface area (Å²) in [4.78, 5) is 36.5. The van der Waals surface area contributed by atoms with Gasteiger partial charge in [0.2, 0.25) is 0 Å². The number of urea groups is 2. The lowest BCUT2D eigenvalue weighted by Crippen LogP contribution is -2.46. The molecule has 0 aromatic rings. The maximum atomic E-state index is 11.1. The first-order valence-corrected chi connectivity index (χ1v) is 3.34. The normalized spacial score (nSPS) is 21.7. The van der Waals surface area contributed by atoms with Crippen molar-refractivity contribution in [1.29, 1.82) is 0 Å². The van der Waals surface area contributed by atoms with E-state index < -0.39 is 24.0 Å². The second kappa shape index (κ2) is 3.27. The highest BCUT2D eigenvalue weighted by Crippen LogP contribution is 2.06. The monoisotopic (exact) mass is 188 g/mol. The van der Waals surface area contributed by atoms with Crippen LogP contribution in [0.15, 0.2) is 0 Å². The lowest BCUT2D eigenvalue weighted by Gasteiger charge is -2.08. The summed E-state index contributed by atoms with van der Waals surface area (Å²) in [6.07, 6.45) is 0. The molecule has 0 aromatic carbocycles. The highest BCUT2D eigenvalue weighted by molar-refractivity contribution is 5.97. The van der Waals surface area contributed by atoms with Gasteiger partial charge >= 0.3 is 12.1 Å². The number of nitrogens with two attached hydrogens (primary N) is 2. The zero-order valence-corrected chi connectivity index (χ0v) is 6.52. The molecule has 1 rings (SSSR count). The van der Waals surface area contributed by atoms with E-state index in [2.05, 4.69) is 10.2 Å². The molecule has 1 saturated heterocycles. The average molecular weight is 188 g/mol. The molecular formula is C5H8N4O4. The fourth-order valence-corrected chi connectivity index (χ4v) is 0.873. The first kappa shape index (κ1) is 9.26. The largest absolute Gasteiger partial charge is 0.352 e. The molecule has 1 atom stereocenters. The van der Waals surface area contributed by atoms with Gasteiger partial charge in [0, 0.05) is 0 Å². The van der Waals surface area contributed by atoms with Gasteiger partial charge in [-0.25, -0.2) is 9.59 Å². The average Bonchev–Trinajstić information content (AvgIpc) is 2.32. The van der Waals surface area contributed by atoms with E-state index in [4.69, 9.17) is 11.5 Å². The molecule has 1 heterocycles. The topological polar surface area (TPSA) is 128 Å². The summed E-state index contributed by atoms with van der Waals surface area (Å²) >= 11 is 0. The number of nitrogens with one attached hydrogen (secondary N) is 1. The Morgan fingerprint density at radius 3 is 2.54 bits per heavy atom. The molecule has 0 spiro atoms. The van der Waals surface area contributed by atoms with Gasteiger partial charge in [-0.15, -0.1) is 5.06 Å². The Morgan fingerprint density at radius 1 is 1.54 bits per heavy atom. The molecule has 1 fully saturated rings. The Kier molecular flexibility index (Phi) is 2.33. The molecule has 0 aromatic heterocycles. The number of carbonyl (C=O) groups is 3. The number of amides is 5. The Hall–Kier alpha value is -1.83. The van der Waals surface area contributed by atoms with Crippen molar-refractivity contribution in [2.24, 2.45) is 11.5 Å². The van der Waals surface area contributed by atoms with Crippen LogP contribution in [0.1, 0.15) is 0 Å². The number of hydrogen-bond acceptors (Lipinski definition) is 4. The van der Waals surface area contributed by atoms with Crippen LogP contribution in [0.3, 0.4) is 0 Å². The van der Waals surface area contributed by atoms with Gasteiger partial charge in [-0.1, -0.05) is 0 Å². The first-order valence-electron chi connectivity index (χ1n) is 3.34. The van der Waals surface area contributed by atoms with Crippen LogP contribution in [-0.4, -0.2) is 35.7 Å². The summed E-state index contributed by atoms with van der Waals surface area (Å²) in [5.74, 6) is -0.730. The second-order valence-electron chi connectivity index (χ2n) is 2.33. The van der Waals surface area contributed by atoms with Crippen LogP contribution < -0.4 is 16.8 Å². The van der Waals surface area contributed by atoms with E-state index in [0.717, 1.165) is 0 Å². The minimum absolute atomic E-state index is 0.148. The van der Waals surface area contributed by atoms with Crippen molar-refractivity contribution in [2.45, 2.75) is 6.04 Å². The maximum absolute atomic E-state index is 11.1. The fourth-order valence-electron chi connectivity index (χ4n) is 0.873. The number of hydroxylamine groups is 2. The van der Waals surface area contributed by atoms with Crippen molar-refractivity contribution in [3.8, 4) is 0 Å². The molecule has 1 unspecified atom stereocenters. The van der Waals surface area contributed by atoms with Crippen molar-refractivity contribution in [3.63, 3.8) is 0 Å². The Balaban J connectivity index is 2.60. The van der Waals surface area contributed by atoms with Crippen LogP contribution in [0.25, 0.3) is 0 Å². The molecule has 5 N–H and O–H groups in total. The molecule has 0 bridgehead atoms. The number of nitrogens with zero attached hydrogens (tertiary/aromatic N) is 1. The van der Waals surface area contributed by atoms with E-state index in [0.29, 0.717) is 5.06 Å². The maximum Gasteiger partial charge on any atom is 0.346 e. The molecule has 72 valence electrons. The number of imide groups is 1. The van der Waals surface area contributed by atoms with Crippen LogP contribution in [0.2, 0.25) is 0 Å². The third-order valence-electron chi connectivity index (χ3n) is 1.39. The van der Waals surface area contributed by atoms with Crippen molar-refractivity contribution >= 4 is 18.0 Å². The first-order chi connectivity index (χ1) is 6.02. The molecule has 0 radical (unpaired) electrons. The SMILES string of the molecule is NC(=O)NC1CON(C(N)=O)C1=O. The fraction of sp³-hybridized carbons (Fsp3) is 0.400. The van der Waals surface area contributed by atoms with E-state index in [-0.39, 0.29) is 6.61 Å². The molecule has 5 amide bonds. The third kappa shape index (κ3) is 1.85. The van der Waals surface area contributed by atoms with Gasteiger partial charge in [0.15, 0.2) is 0 Å². The summed E-state index contributed by atoms with van der Waals surface area (Å²) in [5, 5.41) is 2.47. The molecule has 1 aliphatic rings. The predicted octanol–water partition coefficient (Wildman–Crippen LogP) is -2.12. The van der Waals surface area contributed by atoms with Gasteiger partial charge in [0.1, 0.15) is 12.6 Å². The second-order valence-corrected chi connectivity index (χ2v) is 2.33. The summed E-state index contributed by atoms with van der Waals surface area (Å²) in [6.45, 7) is -0.148.